The fourth-order valence-electron chi connectivity index (χ4n) is 2.90. The average molecular weight is 330 g/mol. The molecule has 23 heavy (non-hydrogen) atoms. The maximum absolute atomic E-state index is 12.3. The third-order valence-corrected chi connectivity index (χ3v) is 4.34. The number of hydrogen-bond acceptors (Lipinski definition) is 3. The fourth-order valence-corrected chi connectivity index (χ4v) is 3.03. The van der Waals surface area contributed by atoms with Crippen LogP contribution in [0.3, 0.4) is 0 Å². The van der Waals surface area contributed by atoms with Gasteiger partial charge >= 0.3 is 0 Å². The number of benzene rings is 2. The third-order valence-electron chi connectivity index (χ3n) is 4.09. The van der Waals surface area contributed by atoms with Gasteiger partial charge < -0.3 is 10.1 Å². The molecule has 3 nitrogen and oxygen atoms in total. The Bertz CT molecular complexity index is 642. The summed E-state index contributed by atoms with van der Waals surface area (Å²) >= 11 is 5.89. The van der Waals surface area contributed by atoms with Crippen LogP contribution in [-0.2, 0) is 0 Å². The number of ether oxygens (including phenoxy) is 1. The van der Waals surface area contributed by atoms with E-state index >= 15 is 0 Å². The van der Waals surface area contributed by atoms with E-state index in [1.54, 1.807) is 0 Å². The van der Waals surface area contributed by atoms with Crippen molar-refractivity contribution in [3.63, 3.8) is 0 Å². The minimum absolute atomic E-state index is 0.131. The molecule has 0 bridgehead atoms. The van der Waals surface area contributed by atoms with E-state index in [2.05, 4.69) is 5.32 Å². The summed E-state index contributed by atoms with van der Waals surface area (Å²) in [7, 11) is 0. The molecule has 1 saturated heterocycles. The van der Waals surface area contributed by atoms with E-state index in [-0.39, 0.29) is 17.9 Å². The molecule has 2 aromatic carbocycles. The lowest BCUT2D eigenvalue weighted by Crippen LogP contribution is -2.43. The number of carbonyl (C=O) groups excluding carboxylic acids is 1. The van der Waals surface area contributed by atoms with E-state index < -0.39 is 0 Å². The lowest BCUT2D eigenvalue weighted by molar-refractivity contribution is 0.0927. The number of Topliss-reactive ketones (excluding diaryl/α,β-unsaturated/α-hetero) is 1. The molecule has 0 aromatic heterocycles. The maximum atomic E-state index is 12.3. The first-order valence-electron chi connectivity index (χ1n) is 7.94. The number of piperidine rings is 1. The van der Waals surface area contributed by atoms with Gasteiger partial charge in [0.05, 0.1) is 0 Å². The minimum Gasteiger partial charge on any atom is -0.490 e. The van der Waals surface area contributed by atoms with Crippen LogP contribution >= 0.6 is 11.6 Å². The Kier molecular flexibility index (Phi) is 5.31. The lowest BCUT2D eigenvalue weighted by atomic mass is 9.95. The van der Waals surface area contributed by atoms with E-state index in [0.29, 0.717) is 11.4 Å². The summed E-state index contributed by atoms with van der Waals surface area (Å²) < 4.78 is 6.02. The molecule has 0 saturated carbocycles. The molecule has 0 spiro atoms. The highest BCUT2D eigenvalue weighted by molar-refractivity contribution is 6.30. The van der Waals surface area contributed by atoms with Crippen LogP contribution in [0, 0.1) is 0 Å². The van der Waals surface area contributed by atoms with Gasteiger partial charge in [-0.1, -0.05) is 41.9 Å². The Morgan fingerprint density at radius 2 is 1.87 bits per heavy atom. The van der Waals surface area contributed by atoms with E-state index in [1.807, 2.05) is 54.6 Å². The Morgan fingerprint density at radius 1 is 1.13 bits per heavy atom. The van der Waals surface area contributed by atoms with Gasteiger partial charge in [-0.3, -0.25) is 4.79 Å². The Labute approximate surface area is 141 Å². The number of carbonyl (C=O) groups is 1. The second-order valence-corrected chi connectivity index (χ2v) is 6.30. The quantitative estimate of drug-likeness (QED) is 0.839. The zero-order valence-corrected chi connectivity index (χ0v) is 13.6. The van der Waals surface area contributed by atoms with Crippen LogP contribution in [0.5, 0.6) is 5.75 Å². The van der Waals surface area contributed by atoms with Crippen LogP contribution in [0.4, 0.5) is 0 Å². The highest BCUT2D eigenvalue weighted by Crippen LogP contribution is 2.22. The van der Waals surface area contributed by atoms with E-state index in [4.69, 9.17) is 16.3 Å². The molecule has 1 N–H and O–H groups in total. The van der Waals surface area contributed by atoms with Gasteiger partial charge in [0.25, 0.3) is 0 Å². The van der Waals surface area contributed by atoms with Crippen molar-refractivity contribution in [1.82, 2.24) is 5.32 Å². The Morgan fingerprint density at radius 3 is 2.61 bits per heavy atom. The first-order valence-corrected chi connectivity index (χ1v) is 8.32. The number of rotatable bonds is 5. The fraction of sp³-hybridized carbons (Fsp3) is 0.316. The number of halogens is 1. The monoisotopic (exact) mass is 329 g/mol. The molecule has 0 amide bonds. The largest absolute Gasteiger partial charge is 0.490 e. The average Bonchev–Trinajstić information content (AvgIpc) is 2.58. The van der Waals surface area contributed by atoms with Crippen LogP contribution in [0.15, 0.2) is 54.6 Å². The van der Waals surface area contributed by atoms with Crippen molar-refractivity contribution < 1.29 is 9.53 Å². The molecule has 2 atom stereocenters. The van der Waals surface area contributed by atoms with Gasteiger partial charge in [0.15, 0.2) is 5.78 Å². The van der Waals surface area contributed by atoms with E-state index in [9.17, 15) is 4.79 Å². The molecular formula is C19H20ClNO2. The van der Waals surface area contributed by atoms with E-state index in [0.717, 1.165) is 30.7 Å². The summed E-state index contributed by atoms with van der Waals surface area (Å²) in [6.45, 7) is 0.866. The van der Waals surface area contributed by atoms with Crippen molar-refractivity contribution in [2.75, 3.05) is 6.54 Å². The summed E-state index contributed by atoms with van der Waals surface area (Å²) in [6, 6.07) is 17.0. The standard InChI is InChI=1S/C19H20ClNO2/c20-15-6-8-17(9-7-15)23-18-10-11-21-16(12-18)13-19(22)14-4-2-1-3-5-14/h1-9,16,18,21H,10-13H2. The number of ketones is 1. The van der Waals surface area contributed by atoms with Gasteiger partial charge in [0, 0.05) is 29.5 Å². The minimum atomic E-state index is 0.131. The van der Waals surface area contributed by atoms with Crippen LogP contribution in [0.1, 0.15) is 29.6 Å². The lowest BCUT2D eigenvalue weighted by Gasteiger charge is -2.30. The summed E-state index contributed by atoms with van der Waals surface area (Å²) in [5, 5.41) is 4.13. The first kappa shape index (κ1) is 16.0. The normalized spacial score (nSPS) is 20.9. The SMILES string of the molecule is O=C(CC1CC(Oc2ccc(Cl)cc2)CCN1)c1ccccc1. The molecule has 3 rings (SSSR count). The van der Waals surface area contributed by atoms with Gasteiger partial charge in [0.1, 0.15) is 11.9 Å². The van der Waals surface area contributed by atoms with Crippen molar-refractivity contribution in [3.05, 3.63) is 65.2 Å². The van der Waals surface area contributed by atoms with Crippen molar-refractivity contribution in [3.8, 4) is 5.75 Å². The molecule has 4 heteroatoms. The molecular weight excluding hydrogens is 310 g/mol. The van der Waals surface area contributed by atoms with Crippen molar-refractivity contribution in [2.45, 2.75) is 31.4 Å². The number of nitrogens with one attached hydrogen (secondary N) is 1. The summed E-state index contributed by atoms with van der Waals surface area (Å²) in [4.78, 5) is 12.3. The highest BCUT2D eigenvalue weighted by Gasteiger charge is 2.25. The highest BCUT2D eigenvalue weighted by atomic mass is 35.5. The molecule has 2 aromatic rings. The van der Waals surface area contributed by atoms with Crippen LogP contribution < -0.4 is 10.1 Å². The Balaban J connectivity index is 1.55. The van der Waals surface area contributed by atoms with Gasteiger partial charge in [-0.25, -0.2) is 0 Å². The molecule has 1 aliphatic heterocycles. The molecule has 0 radical (unpaired) electrons. The smallest absolute Gasteiger partial charge is 0.164 e. The van der Waals surface area contributed by atoms with Gasteiger partial charge in [-0.05, 0) is 37.2 Å². The molecule has 1 fully saturated rings. The van der Waals surface area contributed by atoms with E-state index in [1.165, 1.54) is 0 Å². The molecule has 120 valence electrons. The second kappa shape index (κ2) is 7.62. The van der Waals surface area contributed by atoms with Crippen LogP contribution in [-0.4, -0.2) is 24.5 Å². The van der Waals surface area contributed by atoms with Gasteiger partial charge in [-0.15, -0.1) is 0 Å². The summed E-state index contributed by atoms with van der Waals surface area (Å²) in [5.74, 6) is 1.00. The summed E-state index contributed by atoms with van der Waals surface area (Å²) in [5.41, 5.74) is 0.773. The predicted molar refractivity (Wildman–Crippen MR) is 92.3 cm³/mol. The van der Waals surface area contributed by atoms with Crippen LogP contribution in [0.2, 0.25) is 5.02 Å². The van der Waals surface area contributed by atoms with Crippen molar-refractivity contribution in [1.29, 1.82) is 0 Å². The third kappa shape index (κ3) is 4.57. The van der Waals surface area contributed by atoms with Crippen molar-refractivity contribution >= 4 is 17.4 Å². The van der Waals surface area contributed by atoms with Crippen LogP contribution in [0.25, 0.3) is 0 Å². The topological polar surface area (TPSA) is 38.3 Å². The molecule has 0 aliphatic carbocycles. The Hall–Kier alpha value is -1.84. The first-order chi connectivity index (χ1) is 11.2. The maximum Gasteiger partial charge on any atom is 0.164 e. The molecule has 1 heterocycles. The summed E-state index contributed by atoms with van der Waals surface area (Å²) in [6.07, 6.45) is 2.41. The van der Waals surface area contributed by atoms with Crippen molar-refractivity contribution in [2.24, 2.45) is 0 Å². The van der Waals surface area contributed by atoms with Gasteiger partial charge in [-0.2, -0.15) is 0 Å². The number of hydrogen-bond donors (Lipinski definition) is 1. The molecule has 2 unspecified atom stereocenters. The molecule has 1 aliphatic rings. The zero-order valence-electron chi connectivity index (χ0n) is 12.9. The predicted octanol–water partition coefficient (Wildman–Crippen LogP) is 4.11. The second-order valence-electron chi connectivity index (χ2n) is 5.86. The van der Waals surface area contributed by atoms with Gasteiger partial charge in [0.2, 0.25) is 0 Å². The zero-order chi connectivity index (χ0) is 16.1.